The molecule has 3 nitrogen and oxygen atoms in total. The molecule has 0 amide bonds. The summed E-state index contributed by atoms with van der Waals surface area (Å²) in [6.07, 6.45) is 5.60. The molecule has 84 valence electrons. The van der Waals surface area contributed by atoms with Gasteiger partial charge in [-0.1, -0.05) is 12.8 Å². The van der Waals surface area contributed by atoms with Gasteiger partial charge in [-0.15, -0.1) is 0 Å². The molecule has 1 N–H and O–H groups in total. The Balaban J connectivity index is 2.19. The van der Waals surface area contributed by atoms with E-state index in [0.29, 0.717) is 12.1 Å². The van der Waals surface area contributed by atoms with Crippen LogP contribution in [-0.2, 0) is 4.74 Å². The van der Waals surface area contributed by atoms with Crippen LogP contribution in [0.15, 0.2) is 0 Å². The van der Waals surface area contributed by atoms with Gasteiger partial charge in [-0.3, -0.25) is 0 Å². The number of nitrogens with one attached hydrogen (secondary N) is 1. The lowest BCUT2D eigenvalue weighted by Gasteiger charge is -2.31. The van der Waals surface area contributed by atoms with Crippen molar-refractivity contribution >= 4 is 0 Å². The largest absolute Gasteiger partial charge is 0.375 e. The Morgan fingerprint density at radius 2 is 2.00 bits per heavy atom. The van der Waals surface area contributed by atoms with Crippen molar-refractivity contribution in [2.24, 2.45) is 0 Å². The minimum absolute atomic E-state index is 0.439. The van der Waals surface area contributed by atoms with Gasteiger partial charge in [-0.05, 0) is 34.0 Å². The Hall–Kier alpha value is -0.120. The first kappa shape index (κ1) is 12.0. The van der Waals surface area contributed by atoms with Crippen LogP contribution < -0.4 is 5.32 Å². The number of likely N-dealkylation sites (N-methyl/N-ethyl adjacent to an activating group) is 2. The van der Waals surface area contributed by atoms with Crippen molar-refractivity contribution in [2.75, 3.05) is 34.3 Å². The van der Waals surface area contributed by atoms with Crippen LogP contribution in [0.1, 0.15) is 25.7 Å². The Morgan fingerprint density at radius 1 is 1.29 bits per heavy atom. The van der Waals surface area contributed by atoms with Crippen molar-refractivity contribution in [3.63, 3.8) is 0 Å². The summed E-state index contributed by atoms with van der Waals surface area (Å²) in [5, 5.41) is 3.35. The van der Waals surface area contributed by atoms with Crippen molar-refractivity contribution in [3.8, 4) is 0 Å². The fourth-order valence-corrected chi connectivity index (χ4v) is 2.01. The van der Waals surface area contributed by atoms with Gasteiger partial charge in [-0.25, -0.2) is 0 Å². The predicted molar refractivity (Wildman–Crippen MR) is 59.6 cm³/mol. The van der Waals surface area contributed by atoms with E-state index >= 15 is 0 Å². The highest BCUT2D eigenvalue weighted by atomic mass is 16.5. The van der Waals surface area contributed by atoms with Crippen molar-refractivity contribution in [2.45, 2.75) is 37.8 Å². The SMILES string of the molecule is CNC1CCCCC1OCCN(C)C. The zero-order chi connectivity index (χ0) is 10.4. The third-order valence-corrected chi connectivity index (χ3v) is 2.94. The van der Waals surface area contributed by atoms with Gasteiger partial charge in [0.05, 0.1) is 12.7 Å². The maximum Gasteiger partial charge on any atom is 0.0728 e. The van der Waals surface area contributed by atoms with Gasteiger partial charge < -0.3 is 15.0 Å². The molecule has 1 saturated carbocycles. The fourth-order valence-electron chi connectivity index (χ4n) is 2.01. The van der Waals surface area contributed by atoms with Crippen molar-refractivity contribution in [1.82, 2.24) is 10.2 Å². The maximum atomic E-state index is 5.89. The monoisotopic (exact) mass is 200 g/mol. The number of nitrogens with zero attached hydrogens (tertiary/aromatic N) is 1. The summed E-state index contributed by atoms with van der Waals surface area (Å²) in [5.41, 5.74) is 0. The predicted octanol–water partition coefficient (Wildman–Crippen LogP) is 1.10. The molecule has 1 aliphatic rings. The first-order valence-corrected chi connectivity index (χ1v) is 5.67. The molecule has 0 aromatic carbocycles. The van der Waals surface area contributed by atoms with Gasteiger partial charge in [0.1, 0.15) is 0 Å². The van der Waals surface area contributed by atoms with Gasteiger partial charge >= 0.3 is 0 Å². The lowest BCUT2D eigenvalue weighted by molar-refractivity contribution is 0.00149. The van der Waals surface area contributed by atoms with Gasteiger partial charge in [0.2, 0.25) is 0 Å². The van der Waals surface area contributed by atoms with E-state index in [1.807, 2.05) is 7.05 Å². The van der Waals surface area contributed by atoms with Crippen LogP contribution in [0.25, 0.3) is 0 Å². The second-order valence-electron chi connectivity index (χ2n) is 4.39. The van der Waals surface area contributed by atoms with Gasteiger partial charge in [-0.2, -0.15) is 0 Å². The topological polar surface area (TPSA) is 24.5 Å². The van der Waals surface area contributed by atoms with Crippen molar-refractivity contribution in [3.05, 3.63) is 0 Å². The second kappa shape index (κ2) is 6.38. The quantitative estimate of drug-likeness (QED) is 0.719. The summed E-state index contributed by atoms with van der Waals surface area (Å²) in [7, 11) is 6.21. The molecule has 1 fully saturated rings. The molecule has 0 aliphatic heterocycles. The number of rotatable bonds is 5. The van der Waals surface area contributed by atoms with E-state index in [9.17, 15) is 0 Å². The van der Waals surface area contributed by atoms with Crippen LogP contribution >= 0.6 is 0 Å². The molecule has 1 rings (SSSR count). The van der Waals surface area contributed by atoms with Crippen LogP contribution in [0.5, 0.6) is 0 Å². The average molecular weight is 200 g/mol. The minimum atomic E-state index is 0.439. The van der Waals surface area contributed by atoms with E-state index in [2.05, 4.69) is 24.3 Å². The Bertz CT molecular complexity index is 150. The molecule has 0 heterocycles. The number of ether oxygens (including phenoxy) is 1. The highest BCUT2D eigenvalue weighted by Gasteiger charge is 2.23. The average Bonchev–Trinajstić information content (AvgIpc) is 2.18. The lowest BCUT2D eigenvalue weighted by atomic mass is 9.92. The molecule has 3 heteroatoms. The summed E-state index contributed by atoms with van der Waals surface area (Å²) < 4.78 is 5.89. The number of hydrogen-bond acceptors (Lipinski definition) is 3. The zero-order valence-corrected chi connectivity index (χ0v) is 9.75. The molecule has 0 saturated heterocycles. The third kappa shape index (κ3) is 3.95. The first-order valence-electron chi connectivity index (χ1n) is 5.67. The van der Waals surface area contributed by atoms with Crippen LogP contribution in [-0.4, -0.2) is 51.3 Å². The third-order valence-electron chi connectivity index (χ3n) is 2.94. The normalized spacial score (nSPS) is 28.3. The Kier molecular flexibility index (Phi) is 5.45. The molecule has 1 aliphatic carbocycles. The van der Waals surface area contributed by atoms with Crippen molar-refractivity contribution in [1.29, 1.82) is 0 Å². The van der Waals surface area contributed by atoms with Gasteiger partial charge in [0.15, 0.2) is 0 Å². The van der Waals surface area contributed by atoms with E-state index in [4.69, 9.17) is 4.74 Å². The molecule has 2 atom stereocenters. The maximum absolute atomic E-state index is 5.89. The summed E-state index contributed by atoms with van der Waals surface area (Å²) in [5.74, 6) is 0. The van der Waals surface area contributed by atoms with E-state index in [0.717, 1.165) is 13.2 Å². The molecule has 0 spiro atoms. The highest BCUT2D eigenvalue weighted by molar-refractivity contribution is 4.80. The number of hydrogen-bond donors (Lipinski definition) is 1. The summed E-state index contributed by atoms with van der Waals surface area (Å²) in [4.78, 5) is 2.16. The van der Waals surface area contributed by atoms with Crippen LogP contribution in [0, 0.1) is 0 Å². The summed E-state index contributed by atoms with van der Waals surface area (Å²) >= 11 is 0. The lowest BCUT2D eigenvalue weighted by Crippen LogP contribution is -2.42. The Labute approximate surface area is 87.8 Å². The minimum Gasteiger partial charge on any atom is -0.375 e. The van der Waals surface area contributed by atoms with E-state index in [-0.39, 0.29) is 0 Å². The molecule has 0 radical (unpaired) electrons. The van der Waals surface area contributed by atoms with Crippen LogP contribution in [0.2, 0.25) is 0 Å². The van der Waals surface area contributed by atoms with Crippen LogP contribution in [0.3, 0.4) is 0 Å². The fraction of sp³-hybridized carbons (Fsp3) is 1.00. The van der Waals surface area contributed by atoms with E-state index < -0.39 is 0 Å². The standard InChI is InChI=1S/C11H24N2O/c1-12-10-6-4-5-7-11(10)14-9-8-13(2)3/h10-12H,4-9H2,1-3H3. The molecule has 2 unspecified atom stereocenters. The summed E-state index contributed by atoms with van der Waals surface area (Å²) in [6, 6.07) is 0.575. The van der Waals surface area contributed by atoms with Gasteiger partial charge in [0, 0.05) is 12.6 Å². The molecular weight excluding hydrogens is 176 g/mol. The molecule has 0 aromatic rings. The zero-order valence-electron chi connectivity index (χ0n) is 9.75. The highest BCUT2D eigenvalue weighted by Crippen LogP contribution is 2.20. The van der Waals surface area contributed by atoms with E-state index in [1.54, 1.807) is 0 Å². The first-order chi connectivity index (χ1) is 6.74. The van der Waals surface area contributed by atoms with E-state index in [1.165, 1.54) is 25.7 Å². The van der Waals surface area contributed by atoms with Crippen LogP contribution in [0.4, 0.5) is 0 Å². The smallest absolute Gasteiger partial charge is 0.0728 e. The van der Waals surface area contributed by atoms with Crippen molar-refractivity contribution < 1.29 is 4.74 Å². The summed E-state index contributed by atoms with van der Waals surface area (Å²) in [6.45, 7) is 1.88. The molecule has 0 bridgehead atoms. The Morgan fingerprint density at radius 3 is 2.64 bits per heavy atom. The second-order valence-corrected chi connectivity index (χ2v) is 4.39. The molecular formula is C11H24N2O. The molecule has 0 aromatic heterocycles. The molecule has 14 heavy (non-hydrogen) atoms. The van der Waals surface area contributed by atoms with Gasteiger partial charge in [0.25, 0.3) is 0 Å².